The van der Waals surface area contributed by atoms with Crippen LogP contribution < -0.4 is 0 Å². The van der Waals surface area contributed by atoms with E-state index in [-0.39, 0.29) is 18.2 Å². The van der Waals surface area contributed by atoms with Gasteiger partial charge in [0.1, 0.15) is 0 Å². The van der Waals surface area contributed by atoms with Gasteiger partial charge in [-0.15, -0.1) is 11.3 Å². The van der Waals surface area contributed by atoms with Gasteiger partial charge in [0, 0.05) is 19.0 Å². The number of hydrogen-bond donors (Lipinski definition) is 0. The Hall–Kier alpha value is -1.50. The SMILES string of the molecule is CCc1ccc(S(=O)(=O)N2CCC[C@@H](C(=O)c3sccc3C)C2)cc1. The van der Waals surface area contributed by atoms with Gasteiger partial charge >= 0.3 is 0 Å². The molecule has 1 aliphatic rings. The lowest BCUT2D eigenvalue weighted by atomic mass is 9.93. The Bertz CT molecular complexity index is 853. The molecule has 0 saturated carbocycles. The summed E-state index contributed by atoms with van der Waals surface area (Å²) in [4.78, 5) is 13.8. The number of thiophene rings is 1. The molecular formula is C19H23NO3S2. The molecule has 4 nitrogen and oxygen atoms in total. The summed E-state index contributed by atoms with van der Waals surface area (Å²) in [6.45, 7) is 4.71. The molecule has 1 atom stereocenters. The van der Waals surface area contributed by atoms with Gasteiger partial charge in [-0.05, 0) is 60.9 Å². The molecule has 1 aromatic carbocycles. The van der Waals surface area contributed by atoms with E-state index in [0.29, 0.717) is 17.9 Å². The third-order valence-corrected chi connectivity index (χ3v) is 7.72. The first-order valence-electron chi connectivity index (χ1n) is 8.61. The van der Waals surface area contributed by atoms with E-state index in [1.165, 1.54) is 15.6 Å². The lowest BCUT2D eigenvalue weighted by Gasteiger charge is -2.31. The third kappa shape index (κ3) is 3.71. The van der Waals surface area contributed by atoms with Gasteiger partial charge in [-0.2, -0.15) is 4.31 Å². The molecule has 2 heterocycles. The molecule has 0 aliphatic carbocycles. The summed E-state index contributed by atoms with van der Waals surface area (Å²) in [7, 11) is -3.55. The first-order chi connectivity index (χ1) is 11.9. The second-order valence-electron chi connectivity index (χ2n) is 6.50. The Balaban J connectivity index is 1.80. The van der Waals surface area contributed by atoms with E-state index < -0.39 is 10.0 Å². The van der Waals surface area contributed by atoms with Crippen molar-refractivity contribution in [2.45, 2.75) is 38.0 Å². The minimum atomic E-state index is -3.55. The number of nitrogens with zero attached hydrogens (tertiary/aromatic N) is 1. The fraction of sp³-hybridized carbons (Fsp3) is 0.421. The fourth-order valence-electron chi connectivity index (χ4n) is 3.23. The van der Waals surface area contributed by atoms with Gasteiger partial charge in [-0.25, -0.2) is 8.42 Å². The predicted octanol–water partition coefficient (Wildman–Crippen LogP) is 3.90. The number of Topliss-reactive ketones (excluding diaryl/α,β-unsaturated/α-hetero) is 1. The number of ketones is 1. The molecule has 1 saturated heterocycles. The smallest absolute Gasteiger partial charge is 0.243 e. The van der Waals surface area contributed by atoms with E-state index in [4.69, 9.17) is 0 Å². The minimum Gasteiger partial charge on any atom is -0.293 e. The highest BCUT2D eigenvalue weighted by Crippen LogP contribution is 2.28. The first-order valence-corrected chi connectivity index (χ1v) is 10.9. The van der Waals surface area contributed by atoms with Crippen LogP contribution in [-0.4, -0.2) is 31.6 Å². The molecule has 0 amide bonds. The van der Waals surface area contributed by atoms with Crippen molar-refractivity contribution >= 4 is 27.1 Å². The normalized spacial score (nSPS) is 19.0. The molecule has 3 rings (SSSR count). The van der Waals surface area contributed by atoms with Crippen molar-refractivity contribution in [3.05, 3.63) is 51.7 Å². The Kier molecular flexibility index (Phi) is 5.41. The molecule has 1 aromatic heterocycles. The second-order valence-corrected chi connectivity index (χ2v) is 9.35. The van der Waals surface area contributed by atoms with Crippen LogP contribution in [0, 0.1) is 12.8 Å². The Morgan fingerprint density at radius 3 is 2.56 bits per heavy atom. The highest BCUT2D eigenvalue weighted by atomic mass is 32.2. The summed E-state index contributed by atoms with van der Waals surface area (Å²) in [5.74, 6) is -0.176. The van der Waals surface area contributed by atoms with Crippen LogP contribution in [0.4, 0.5) is 0 Å². The summed E-state index contributed by atoms with van der Waals surface area (Å²) < 4.78 is 27.3. The molecule has 25 heavy (non-hydrogen) atoms. The highest BCUT2D eigenvalue weighted by molar-refractivity contribution is 7.89. The zero-order valence-electron chi connectivity index (χ0n) is 14.6. The molecule has 1 fully saturated rings. The summed E-state index contributed by atoms with van der Waals surface area (Å²) >= 11 is 1.44. The minimum absolute atomic E-state index is 0.0775. The number of sulfonamides is 1. The van der Waals surface area contributed by atoms with Crippen LogP contribution in [0.2, 0.25) is 0 Å². The summed E-state index contributed by atoms with van der Waals surface area (Å²) in [6, 6.07) is 8.99. The fourth-order valence-corrected chi connectivity index (χ4v) is 5.70. The number of piperidine rings is 1. The van der Waals surface area contributed by atoms with Crippen LogP contribution in [-0.2, 0) is 16.4 Å². The van der Waals surface area contributed by atoms with E-state index in [9.17, 15) is 13.2 Å². The highest BCUT2D eigenvalue weighted by Gasteiger charge is 2.34. The monoisotopic (exact) mass is 377 g/mol. The second kappa shape index (κ2) is 7.40. The standard InChI is InChI=1S/C19H23NO3S2/c1-3-15-6-8-17(9-7-15)25(22,23)20-11-4-5-16(13-20)18(21)19-14(2)10-12-24-19/h6-10,12,16H,3-5,11,13H2,1-2H3/t16-/m1/s1. The van der Waals surface area contributed by atoms with Gasteiger partial charge in [0.15, 0.2) is 5.78 Å². The maximum absolute atomic E-state index is 12.9. The topological polar surface area (TPSA) is 54.5 Å². The Labute approximate surface area is 153 Å². The van der Waals surface area contributed by atoms with Crippen LogP contribution in [0.5, 0.6) is 0 Å². The number of hydrogen-bond acceptors (Lipinski definition) is 4. The molecule has 0 N–H and O–H groups in total. The molecule has 2 aromatic rings. The largest absolute Gasteiger partial charge is 0.293 e. The third-order valence-electron chi connectivity index (χ3n) is 4.81. The van der Waals surface area contributed by atoms with E-state index in [2.05, 4.69) is 0 Å². The van der Waals surface area contributed by atoms with Crippen LogP contribution in [0.15, 0.2) is 40.6 Å². The molecular weight excluding hydrogens is 354 g/mol. The van der Waals surface area contributed by atoms with Crippen molar-refractivity contribution in [2.75, 3.05) is 13.1 Å². The van der Waals surface area contributed by atoms with Crippen molar-refractivity contribution in [3.63, 3.8) is 0 Å². The number of aryl methyl sites for hydroxylation is 2. The molecule has 6 heteroatoms. The lowest BCUT2D eigenvalue weighted by Crippen LogP contribution is -2.42. The van der Waals surface area contributed by atoms with Crippen molar-refractivity contribution in [1.29, 1.82) is 0 Å². The maximum Gasteiger partial charge on any atom is 0.243 e. The van der Waals surface area contributed by atoms with E-state index >= 15 is 0 Å². The molecule has 0 spiro atoms. The van der Waals surface area contributed by atoms with Gasteiger partial charge in [0.25, 0.3) is 0 Å². The Morgan fingerprint density at radius 1 is 1.24 bits per heavy atom. The van der Waals surface area contributed by atoms with Gasteiger partial charge in [-0.3, -0.25) is 4.79 Å². The lowest BCUT2D eigenvalue weighted by molar-refractivity contribution is 0.0876. The predicted molar refractivity (Wildman–Crippen MR) is 101 cm³/mol. The number of carbonyl (C=O) groups is 1. The zero-order valence-corrected chi connectivity index (χ0v) is 16.2. The summed E-state index contributed by atoms with van der Waals surface area (Å²) in [5.41, 5.74) is 2.09. The zero-order chi connectivity index (χ0) is 18.0. The molecule has 0 unspecified atom stereocenters. The average molecular weight is 378 g/mol. The van der Waals surface area contributed by atoms with Gasteiger partial charge in [-0.1, -0.05) is 19.1 Å². The number of rotatable bonds is 5. The van der Waals surface area contributed by atoms with E-state index in [1.54, 1.807) is 12.1 Å². The molecule has 1 aliphatic heterocycles. The molecule has 0 radical (unpaired) electrons. The van der Waals surface area contributed by atoms with Crippen LogP contribution in [0.1, 0.15) is 40.6 Å². The first kappa shape index (κ1) is 18.3. The summed E-state index contributed by atoms with van der Waals surface area (Å²) in [6.07, 6.45) is 2.34. The number of carbonyl (C=O) groups excluding carboxylic acids is 1. The van der Waals surface area contributed by atoms with Crippen LogP contribution in [0.3, 0.4) is 0 Å². The number of benzene rings is 1. The molecule has 0 bridgehead atoms. The van der Waals surface area contributed by atoms with Crippen molar-refractivity contribution < 1.29 is 13.2 Å². The quantitative estimate of drug-likeness (QED) is 0.743. The van der Waals surface area contributed by atoms with Gasteiger partial charge in [0.05, 0.1) is 9.77 Å². The van der Waals surface area contributed by atoms with E-state index in [1.807, 2.05) is 37.4 Å². The van der Waals surface area contributed by atoms with Crippen LogP contribution in [0.25, 0.3) is 0 Å². The van der Waals surface area contributed by atoms with Crippen molar-refractivity contribution in [2.24, 2.45) is 5.92 Å². The van der Waals surface area contributed by atoms with Crippen LogP contribution >= 0.6 is 11.3 Å². The van der Waals surface area contributed by atoms with E-state index in [0.717, 1.165) is 28.8 Å². The van der Waals surface area contributed by atoms with Crippen molar-refractivity contribution in [1.82, 2.24) is 4.31 Å². The molecule has 134 valence electrons. The average Bonchev–Trinajstić information content (AvgIpc) is 3.07. The van der Waals surface area contributed by atoms with Crippen molar-refractivity contribution in [3.8, 4) is 0 Å². The van der Waals surface area contributed by atoms with Gasteiger partial charge in [0.2, 0.25) is 10.0 Å². The Morgan fingerprint density at radius 2 is 1.96 bits per heavy atom. The maximum atomic E-state index is 12.9. The van der Waals surface area contributed by atoms with Gasteiger partial charge < -0.3 is 0 Å². The summed E-state index contributed by atoms with van der Waals surface area (Å²) in [5, 5.41) is 1.91.